The fourth-order valence-corrected chi connectivity index (χ4v) is 6.33. The Kier molecular flexibility index (Phi) is 6.69. The predicted octanol–water partition coefficient (Wildman–Crippen LogP) is 3.16. The highest BCUT2D eigenvalue weighted by atomic mass is 32.1. The Labute approximate surface area is 225 Å². The van der Waals surface area contributed by atoms with E-state index in [1.165, 1.54) is 17.7 Å². The average Bonchev–Trinajstić information content (AvgIpc) is 3.81. The molecule has 3 heterocycles. The van der Waals surface area contributed by atoms with Gasteiger partial charge in [-0.15, -0.1) is 11.3 Å². The number of nitrogens with one attached hydrogen (secondary N) is 2. The summed E-state index contributed by atoms with van der Waals surface area (Å²) in [4.78, 5) is 33.1. The van der Waals surface area contributed by atoms with Crippen LogP contribution in [0.4, 0.5) is 11.8 Å². The number of carbonyl (C=O) groups excluding carboxylic acids is 1. The first-order valence-electron chi connectivity index (χ1n) is 13.5. The van der Waals surface area contributed by atoms with Crippen LogP contribution < -0.4 is 10.6 Å². The fourth-order valence-electron chi connectivity index (χ4n) is 5.26. The van der Waals surface area contributed by atoms with Gasteiger partial charge >= 0.3 is 0 Å². The number of anilines is 2. The zero-order chi connectivity index (χ0) is 26.6. The lowest BCUT2D eigenvalue weighted by Crippen LogP contribution is -2.36. The quantitative estimate of drug-likeness (QED) is 0.324. The van der Waals surface area contributed by atoms with Crippen LogP contribution in [0.25, 0.3) is 20.8 Å². The van der Waals surface area contributed by atoms with Crippen molar-refractivity contribution in [1.82, 2.24) is 24.8 Å². The molecule has 38 heavy (non-hydrogen) atoms. The maximum absolute atomic E-state index is 12.3. The van der Waals surface area contributed by atoms with Gasteiger partial charge < -0.3 is 25.7 Å². The second kappa shape index (κ2) is 10.0. The van der Waals surface area contributed by atoms with E-state index in [4.69, 9.17) is 15.0 Å². The number of hydrogen-bond donors (Lipinski definition) is 4. The molecule has 3 saturated carbocycles. The number of hydrogen-bond acceptors (Lipinski definition) is 10. The van der Waals surface area contributed by atoms with Crippen LogP contribution >= 0.6 is 11.3 Å². The lowest BCUT2D eigenvalue weighted by molar-refractivity contribution is -0.130. The highest BCUT2D eigenvalue weighted by Gasteiger charge is 2.43. The second-order valence-electron chi connectivity index (χ2n) is 11.2. The smallest absolute Gasteiger partial charge is 0.224 e. The van der Waals surface area contributed by atoms with Gasteiger partial charge in [-0.05, 0) is 56.9 Å². The number of amides is 1. The molecule has 0 spiro atoms. The van der Waals surface area contributed by atoms with Crippen molar-refractivity contribution in [2.45, 2.75) is 69.6 Å². The van der Waals surface area contributed by atoms with Crippen molar-refractivity contribution in [3.63, 3.8) is 0 Å². The van der Waals surface area contributed by atoms with Crippen LogP contribution in [-0.2, 0) is 4.79 Å². The number of rotatable bonds is 9. The Balaban J connectivity index is 1.34. The Morgan fingerprint density at radius 2 is 1.92 bits per heavy atom. The van der Waals surface area contributed by atoms with Crippen molar-refractivity contribution >= 4 is 39.2 Å². The van der Waals surface area contributed by atoms with Gasteiger partial charge in [-0.1, -0.05) is 0 Å². The van der Waals surface area contributed by atoms with E-state index < -0.39 is 18.2 Å². The molecule has 6 rings (SSSR count). The van der Waals surface area contributed by atoms with Gasteiger partial charge in [0, 0.05) is 39.2 Å². The van der Waals surface area contributed by atoms with E-state index in [1.54, 1.807) is 25.4 Å². The molecule has 1 amide bonds. The number of aliphatic hydroxyl groups excluding tert-OH is 2. The maximum Gasteiger partial charge on any atom is 0.224 e. The Bertz CT molecular complexity index is 1350. The summed E-state index contributed by atoms with van der Waals surface area (Å²) >= 11 is 1.59. The Hall–Kier alpha value is -2.89. The minimum absolute atomic E-state index is 0.0680. The summed E-state index contributed by atoms with van der Waals surface area (Å²) in [5.74, 6) is 1.84. The Morgan fingerprint density at radius 3 is 2.63 bits per heavy atom. The summed E-state index contributed by atoms with van der Waals surface area (Å²) in [7, 11) is 3.40. The normalized spacial score (nSPS) is 25.1. The van der Waals surface area contributed by atoms with Crippen LogP contribution in [0.5, 0.6) is 0 Å². The SMILES string of the molecule is Cc1nc(NCC2CC2)nc(N[C@@H]2C[C@H](CC(=O)N(C)C)[C@@H](O)[C@H]2O)c1-c1nc2c(C3CC3)nccc2s1. The highest BCUT2D eigenvalue weighted by molar-refractivity contribution is 7.21. The molecule has 0 saturated heterocycles. The molecule has 3 aromatic rings. The number of thiazole rings is 1. The van der Waals surface area contributed by atoms with Crippen molar-refractivity contribution in [3.05, 3.63) is 23.7 Å². The van der Waals surface area contributed by atoms with E-state index in [-0.39, 0.29) is 18.2 Å². The van der Waals surface area contributed by atoms with Crippen molar-refractivity contribution in [2.75, 3.05) is 31.3 Å². The first kappa shape index (κ1) is 25.4. The largest absolute Gasteiger partial charge is 0.390 e. The number of aromatic nitrogens is 4. The van der Waals surface area contributed by atoms with Crippen LogP contribution in [-0.4, -0.2) is 79.8 Å². The van der Waals surface area contributed by atoms with Gasteiger partial charge in [0.25, 0.3) is 0 Å². The molecule has 0 radical (unpaired) electrons. The lowest BCUT2D eigenvalue weighted by atomic mass is 10.0. The molecule has 11 heteroatoms. The van der Waals surface area contributed by atoms with E-state index in [0.717, 1.165) is 51.6 Å². The van der Waals surface area contributed by atoms with E-state index in [9.17, 15) is 15.0 Å². The van der Waals surface area contributed by atoms with Gasteiger partial charge in [-0.2, -0.15) is 4.98 Å². The third-order valence-corrected chi connectivity index (χ3v) is 8.95. The molecule has 10 nitrogen and oxygen atoms in total. The molecule has 202 valence electrons. The summed E-state index contributed by atoms with van der Waals surface area (Å²) in [6, 6.07) is 1.54. The predicted molar refractivity (Wildman–Crippen MR) is 147 cm³/mol. The van der Waals surface area contributed by atoms with Gasteiger partial charge in [-0.25, -0.2) is 9.97 Å². The average molecular weight is 538 g/mol. The fraction of sp³-hybridized carbons (Fsp3) is 0.593. The molecule has 3 aliphatic carbocycles. The first-order chi connectivity index (χ1) is 18.3. The molecule has 3 aliphatic rings. The molecular weight excluding hydrogens is 502 g/mol. The molecule has 3 aromatic heterocycles. The van der Waals surface area contributed by atoms with Crippen LogP contribution in [0.3, 0.4) is 0 Å². The van der Waals surface area contributed by atoms with Crippen LogP contribution in [0.15, 0.2) is 12.3 Å². The number of fused-ring (bicyclic) bond motifs is 1. The van der Waals surface area contributed by atoms with E-state index >= 15 is 0 Å². The molecule has 0 aliphatic heterocycles. The Morgan fingerprint density at radius 1 is 1.13 bits per heavy atom. The maximum atomic E-state index is 12.3. The van der Waals surface area contributed by atoms with Gasteiger partial charge in [0.2, 0.25) is 11.9 Å². The van der Waals surface area contributed by atoms with E-state index in [2.05, 4.69) is 15.6 Å². The minimum atomic E-state index is -1.03. The summed E-state index contributed by atoms with van der Waals surface area (Å²) < 4.78 is 1.08. The van der Waals surface area contributed by atoms with Crippen molar-refractivity contribution in [3.8, 4) is 10.6 Å². The summed E-state index contributed by atoms with van der Waals surface area (Å²) in [5.41, 5.74) is 3.57. The van der Waals surface area contributed by atoms with Crippen LogP contribution in [0.1, 0.15) is 55.8 Å². The highest BCUT2D eigenvalue weighted by Crippen LogP contribution is 2.44. The monoisotopic (exact) mass is 537 g/mol. The zero-order valence-corrected chi connectivity index (χ0v) is 22.8. The number of pyridine rings is 1. The third kappa shape index (κ3) is 5.06. The molecule has 0 unspecified atom stereocenters. The molecule has 4 atom stereocenters. The number of aryl methyl sites for hydroxylation is 1. The van der Waals surface area contributed by atoms with E-state index in [1.807, 2.05) is 19.2 Å². The number of nitrogens with zero attached hydrogens (tertiary/aromatic N) is 5. The molecule has 0 bridgehead atoms. The van der Waals surface area contributed by atoms with Crippen molar-refractivity contribution in [2.24, 2.45) is 11.8 Å². The molecule has 4 N–H and O–H groups in total. The lowest BCUT2D eigenvalue weighted by Gasteiger charge is -2.21. The summed E-state index contributed by atoms with van der Waals surface area (Å²) in [5, 5.41) is 29.3. The number of aliphatic hydroxyl groups is 2. The first-order valence-corrected chi connectivity index (χ1v) is 14.3. The number of carbonyl (C=O) groups is 1. The standard InChI is InChI=1S/C27H35N7O3S/c1-13-20(26-32-22-18(38-26)8-9-28-21(22)15-6-7-15)25(33-27(30-13)29-12-14-4-5-14)31-17-10-16(23(36)24(17)37)11-19(35)34(2)3/h8-9,14-17,23-24,36-37H,4-7,10-12H2,1-3H3,(H2,29,30,31,33)/t16-,17-,23-,24+/m1/s1. The van der Waals surface area contributed by atoms with Gasteiger partial charge in [0.15, 0.2) is 0 Å². The van der Waals surface area contributed by atoms with Crippen LogP contribution in [0, 0.1) is 18.8 Å². The molecular formula is C27H35N7O3S. The summed E-state index contributed by atoms with van der Waals surface area (Å²) in [6.45, 7) is 2.78. The van der Waals surface area contributed by atoms with Crippen molar-refractivity contribution in [1.29, 1.82) is 0 Å². The van der Waals surface area contributed by atoms with Gasteiger partial charge in [0.05, 0.1) is 33.8 Å². The summed E-state index contributed by atoms with van der Waals surface area (Å²) in [6.07, 6.45) is 5.20. The second-order valence-corrected chi connectivity index (χ2v) is 12.3. The van der Waals surface area contributed by atoms with Crippen molar-refractivity contribution < 1.29 is 15.0 Å². The zero-order valence-electron chi connectivity index (χ0n) is 22.0. The molecule has 0 aromatic carbocycles. The third-order valence-electron chi connectivity index (χ3n) is 7.91. The topological polar surface area (TPSA) is 136 Å². The van der Waals surface area contributed by atoms with Crippen LogP contribution in [0.2, 0.25) is 0 Å². The van der Waals surface area contributed by atoms with E-state index in [0.29, 0.717) is 30.0 Å². The molecule has 3 fully saturated rings. The minimum Gasteiger partial charge on any atom is -0.390 e. The van der Waals surface area contributed by atoms with Gasteiger partial charge in [0.1, 0.15) is 22.4 Å². The van der Waals surface area contributed by atoms with Gasteiger partial charge in [-0.3, -0.25) is 9.78 Å².